The van der Waals surface area contributed by atoms with Gasteiger partial charge in [0.05, 0.1) is 23.8 Å². The highest BCUT2D eigenvalue weighted by molar-refractivity contribution is 5.68. The van der Waals surface area contributed by atoms with E-state index in [0.717, 1.165) is 57.5 Å². The predicted molar refractivity (Wildman–Crippen MR) is 111 cm³/mol. The smallest absolute Gasteiger partial charge is 0.410 e. The lowest BCUT2D eigenvalue weighted by Gasteiger charge is -2.47. The van der Waals surface area contributed by atoms with Gasteiger partial charge in [-0.25, -0.2) is 4.79 Å². The molecule has 0 aromatic heterocycles. The number of carbonyl (C=O) groups excluding carboxylic acids is 1. The van der Waals surface area contributed by atoms with Crippen molar-refractivity contribution in [3.63, 3.8) is 0 Å². The van der Waals surface area contributed by atoms with Crippen LogP contribution in [0.5, 0.6) is 5.75 Å². The molecule has 2 fully saturated rings. The number of nitrogens with zero attached hydrogens (tertiary/aromatic N) is 3. The molecule has 29 heavy (non-hydrogen) atoms. The summed E-state index contributed by atoms with van der Waals surface area (Å²) in [5.41, 5.74) is 0.720. The molecule has 1 amide bonds. The molecular formula is C21H31N3O5. The summed E-state index contributed by atoms with van der Waals surface area (Å²) in [4.78, 5) is 27.0. The molecular weight excluding hydrogens is 374 g/mol. The van der Waals surface area contributed by atoms with Gasteiger partial charge in [0.2, 0.25) is 0 Å². The van der Waals surface area contributed by atoms with Gasteiger partial charge in [-0.3, -0.25) is 10.1 Å². The quantitative estimate of drug-likeness (QED) is 0.553. The van der Waals surface area contributed by atoms with Gasteiger partial charge < -0.3 is 19.3 Å². The Kier molecular flexibility index (Phi) is 5.91. The summed E-state index contributed by atoms with van der Waals surface area (Å²) >= 11 is 0. The molecule has 0 atom stereocenters. The van der Waals surface area contributed by atoms with E-state index >= 15 is 0 Å². The molecule has 3 rings (SSSR count). The number of anilines is 1. The summed E-state index contributed by atoms with van der Waals surface area (Å²) < 4.78 is 10.9. The van der Waals surface area contributed by atoms with Crippen LogP contribution < -0.4 is 9.64 Å². The maximum absolute atomic E-state index is 12.3. The Hall–Kier alpha value is -2.51. The van der Waals surface area contributed by atoms with E-state index in [2.05, 4.69) is 4.90 Å². The lowest BCUT2D eigenvalue weighted by atomic mass is 9.71. The Labute approximate surface area is 171 Å². The highest BCUT2D eigenvalue weighted by Gasteiger charge is 2.39. The normalized spacial score (nSPS) is 19.2. The van der Waals surface area contributed by atoms with Crippen LogP contribution in [-0.4, -0.2) is 54.8 Å². The van der Waals surface area contributed by atoms with Crippen LogP contribution in [0, 0.1) is 15.5 Å². The van der Waals surface area contributed by atoms with Gasteiger partial charge in [0, 0.05) is 32.2 Å². The van der Waals surface area contributed by atoms with E-state index in [4.69, 9.17) is 9.47 Å². The first-order chi connectivity index (χ1) is 13.6. The molecule has 0 aliphatic carbocycles. The number of hydrogen-bond donors (Lipinski definition) is 0. The number of non-ortho nitro benzene ring substituents is 1. The van der Waals surface area contributed by atoms with E-state index in [1.54, 1.807) is 13.2 Å². The van der Waals surface area contributed by atoms with Crippen LogP contribution in [-0.2, 0) is 4.74 Å². The SMILES string of the molecule is COc1cc([N+](=O)[O-])ccc1N1CCC2(CCN(C(=O)OC(C)(C)C)CC2)CC1. The number of ether oxygens (including phenoxy) is 2. The Bertz CT molecular complexity index is 756. The number of piperidine rings is 2. The van der Waals surface area contributed by atoms with Gasteiger partial charge in [0.15, 0.2) is 0 Å². The van der Waals surface area contributed by atoms with E-state index in [9.17, 15) is 14.9 Å². The topological polar surface area (TPSA) is 85.2 Å². The van der Waals surface area contributed by atoms with Crippen LogP contribution in [0.3, 0.4) is 0 Å². The summed E-state index contributed by atoms with van der Waals surface area (Å²) in [6.07, 6.45) is 3.82. The Morgan fingerprint density at radius 2 is 1.69 bits per heavy atom. The second kappa shape index (κ2) is 8.08. The average molecular weight is 405 g/mol. The van der Waals surface area contributed by atoms with Crippen molar-refractivity contribution < 1.29 is 19.2 Å². The minimum atomic E-state index is -0.471. The van der Waals surface area contributed by atoms with Crippen LogP contribution >= 0.6 is 0 Å². The number of hydrogen-bond acceptors (Lipinski definition) is 6. The summed E-state index contributed by atoms with van der Waals surface area (Å²) in [6.45, 7) is 8.88. The van der Waals surface area contributed by atoms with Gasteiger partial charge >= 0.3 is 6.09 Å². The molecule has 0 radical (unpaired) electrons. The maximum Gasteiger partial charge on any atom is 0.410 e. The third-order valence-corrected chi connectivity index (χ3v) is 6.01. The van der Waals surface area contributed by atoms with Crippen molar-refractivity contribution in [3.05, 3.63) is 28.3 Å². The molecule has 2 saturated heterocycles. The van der Waals surface area contributed by atoms with Crippen LogP contribution in [0.4, 0.5) is 16.2 Å². The average Bonchev–Trinajstić information content (AvgIpc) is 2.67. The zero-order chi connectivity index (χ0) is 21.2. The number of methoxy groups -OCH3 is 1. The maximum atomic E-state index is 12.3. The van der Waals surface area contributed by atoms with Gasteiger partial charge in [0.25, 0.3) is 5.69 Å². The Balaban J connectivity index is 1.59. The van der Waals surface area contributed by atoms with Crippen molar-refractivity contribution >= 4 is 17.5 Å². The summed E-state index contributed by atoms with van der Waals surface area (Å²) in [5.74, 6) is 0.537. The molecule has 1 aromatic rings. The van der Waals surface area contributed by atoms with Crippen LogP contribution in [0.25, 0.3) is 0 Å². The van der Waals surface area contributed by atoms with E-state index in [-0.39, 0.29) is 17.2 Å². The molecule has 2 heterocycles. The molecule has 1 aromatic carbocycles. The van der Waals surface area contributed by atoms with Gasteiger partial charge in [-0.2, -0.15) is 0 Å². The predicted octanol–water partition coefficient (Wildman–Crippen LogP) is 4.22. The minimum Gasteiger partial charge on any atom is -0.494 e. The van der Waals surface area contributed by atoms with Crippen molar-refractivity contribution in [3.8, 4) is 5.75 Å². The standard InChI is InChI=1S/C21H31N3O5/c1-20(2,3)29-19(25)23-13-9-21(10-14-23)7-11-22(12-8-21)17-6-5-16(24(26)27)15-18(17)28-4/h5-6,15H,7-14H2,1-4H3. The first-order valence-corrected chi connectivity index (χ1v) is 10.2. The fourth-order valence-corrected chi connectivity index (χ4v) is 4.25. The Morgan fingerprint density at radius 1 is 1.10 bits per heavy atom. The monoisotopic (exact) mass is 405 g/mol. The molecule has 2 aliphatic heterocycles. The van der Waals surface area contributed by atoms with Crippen molar-refractivity contribution in [2.75, 3.05) is 38.2 Å². The minimum absolute atomic E-state index is 0.0357. The van der Waals surface area contributed by atoms with E-state index < -0.39 is 10.5 Å². The number of nitro benzene ring substituents is 1. The second-order valence-electron chi connectivity index (χ2n) is 9.07. The van der Waals surface area contributed by atoms with Crippen molar-refractivity contribution in [2.45, 2.75) is 52.1 Å². The summed E-state index contributed by atoms with van der Waals surface area (Å²) in [5, 5.41) is 11.0. The van der Waals surface area contributed by atoms with Gasteiger partial charge in [-0.05, 0) is 57.9 Å². The van der Waals surface area contributed by atoms with Crippen LogP contribution in [0.15, 0.2) is 18.2 Å². The first kappa shape index (κ1) is 21.2. The van der Waals surface area contributed by atoms with E-state index in [0.29, 0.717) is 5.75 Å². The molecule has 2 aliphatic rings. The number of benzene rings is 1. The largest absolute Gasteiger partial charge is 0.494 e. The van der Waals surface area contributed by atoms with Gasteiger partial charge in [-0.15, -0.1) is 0 Å². The second-order valence-corrected chi connectivity index (χ2v) is 9.07. The molecule has 0 saturated carbocycles. The number of nitro groups is 1. The number of amides is 1. The van der Waals surface area contributed by atoms with Crippen molar-refractivity contribution in [2.24, 2.45) is 5.41 Å². The molecule has 160 valence electrons. The van der Waals surface area contributed by atoms with Crippen LogP contribution in [0.1, 0.15) is 46.5 Å². The molecule has 8 nitrogen and oxygen atoms in total. The third-order valence-electron chi connectivity index (χ3n) is 6.01. The lowest BCUT2D eigenvalue weighted by molar-refractivity contribution is -0.384. The van der Waals surface area contributed by atoms with Crippen molar-refractivity contribution in [1.82, 2.24) is 4.90 Å². The summed E-state index contributed by atoms with van der Waals surface area (Å²) in [6, 6.07) is 4.79. The molecule has 8 heteroatoms. The Morgan fingerprint density at radius 3 is 2.21 bits per heavy atom. The van der Waals surface area contributed by atoms with E-state index in [1.807, 2.05) is 25.7 Å². The molecule has 0 unspecified atom stereocenters. The number of carbonyl (C=O) groups is 1. The summed E-state index contributed by atoms with van der Waals surface area (Å²) in [7, 11) is 1.54. The fourth-order valence-electron chi connectivity index (χ4n) is 4.25. The zero-order valence-corrected chi connectivity index (χ0v) is 17.8. The number of rotatable bonds is 3. The molecule has 0 N–H and O–H groups in total. The van der Waals surface area contributed by atoms with Crippen molar-refractivity contribution in [1.29, 1.82) is 0 Å². The van der Waals surface area contributed by atoms with Gasteiger partial charge in [-0.1, -0.05) is 0 Å². The first-order valence-electron chi connectivity index (χ1n) is 10.2. The van der Waals surface area contributed by atoms with Gasteiger partial charge in [0.1, 0.15) is 11.4 Å². The highest BCUT2D eigenvalue weighted by Crippen LogP contribution is 2.44. The highest BCUT2D eigenvalue weighted by atomic mass is 16.6. The number of likely N-dealkylation sites (tertiary alicyclic amines) is 1. The third kappa shape index (κ3) is 4.92. The fraction of sp³-hybridized carbons (Fsp3) is 0.667. The zero-order valence-electron chi connectivity index (χ0n) is 17.8. The molecule has 0 bridgehead atoms. The van der Waals surface area contributed by atoms with Crippen LogP contribution in [0.2, 0.25) is 0 Å². The lowest BCUT2D eigenvalue weighted by Crippen LogP contribution is -2.49. The van der Waals surface area contributed by atoms with E-state index in [1.165, 1.54) is 12.1 Å². The molecule has 1 spiro atoms.